The summed E-state index contributed by atoms with van der Waals surface area (Å²) in [5, 5.41) is 5.33. The Morgan fingerprint density at radius 2 is 2.25 bits per heavy atom. The molecular weight excluding hydrogens is 265 g/mol. The molecular formula is C11H15Cl2NOS. The number of aryl methyl sites for hydroxylation is 1. The number of halogens is 2. The highest BCUT2D eigenvalue weighted by Crippen LogP contribution is 2.27. The van der Waals surface area contributed by atoms with Gasteiger partial charge in [0, 0.05) is 5.88 Å². The zero-order valence-corrected chi connectivity index (χ0v) is 11.9. The van der Waals surface area contributed by atoms with E-state index in [0.717, 1.165) is 12.0 Å². The van der Waals surface area contributed by atoms with Crippen LogP contribution in [-0.4, -0.2) is 17.3 Å². The van der Waals surface area contributed by atoms with Gasteiger partial charge >= 0.3 is 0 Å². The van der Waals surface area contributed by atoms with Crippen LogP contribution in [0.3, 0.4) is 0 Å². The van der Waals surface area contributed by atoms with Gasteiger partial charge in [-0.2, -0.15) is 0 Å². The highest BCUT2D eigenvalue weighted by Gasteiger charge is 2.25. The minimum Gasteiger partial charge on any atom is -0.345 e. The van der Waals surface area contributed by atoms with E-state index in [-0.39, 0.29) is 11.4 Å². The number of hydrogen-bond acceptors (Lipinski definition) is 2. The van der Waals surface area contributed by atoms with Crippen LogP contribution in [0.5, 0.6) is 0 Å². The standard InChI is InChI=1S/C11H15Cl2NOS/c1-4-11(3,6-12)14-10(15)9-8(13)7(2)5-16-9/h5H,4,6H2,1-3H3,(H,14,15). The Bertz CT molecular complexity index is 385. The van der Waals surface area contributed by atoms with Crippen molar-refractivity contribution in [2.45, 2.75) is 32.7 Å². The first-order valence-electron chi connectivity index (χ1n) is 5.05. The van der Waals surface area contributed by atoms with Crippen LogP contribution in [0.25, 0.3) is 0 Å². The molecule has 1 amide bonds. The van der Waals surface area contributed by atoms with E-state index in [4.69, 9.17) is 23.2 Å². The Kier molecular flexibility index (Phi) is 4.65. The third-order valence-corrected chi connectivity index (χ3v) is 4.88. The molecule has 2 nitrogen and oxygen atoms in total. The number of amides is 1. The van der Waals surface area contributed by atoms with Crippen molar-refractivity contribution < 1.29 is 4.79 Å². The molecule has 0 aromatic carbocycles. The molecule has 0 aliphatic rings. The van der Waals surface area contributed by atoms with Crippen molar-refractivity contribution in [2.24, 2.45) is 0 Å². The first kappa shape index (κ1) is 13.8. The number of hydrogen-bond donors (Lipinski definition) is 1. The van der Waals surface area contributed by atoms with E-state index < -0.39 is 0 Å². The quantitative estimate of drug-likeness (QED) is 0.834. The first-order valence-corrected chi connectivity index (χ1v) is 6.85. The molecule has 0 aliphatic carbocycles. The normalized spacial score (nSPS) is 14.6. The number of thiophene rings is 1. The highest BCUT2D eigenvalue weighted by molar-refractivity contribution is 7.13. The van der Waals surface area contributed by atoms with E-state index in [9.17, 15) is 4.79 Å². The minimum absolute atomic E-state index is 0.145. The lowest BCUT2D eigenvalue weighted by Crippen LogP contribution is -2.46. The van der Waals surface area contributed by atoms with Crippen molar-refractivity contribution in [3.63, 3.8) is 0 Å². The molecule has 1 aromatic rings. The van der Waals surface area contributed by atoms with Gasteiger partial charge in [0.25, 0.3) is 5.91 Å². The summed E-state index contributed by atoms with van der Waals surface area (Å²) in [4.78, 5) is 12.5. The summed E-state index contributed by atoms with van der Waals surface area (Å²) in [6.07, 6.45) is 0.782. The predicted octanol–water partition coefficient (Wildman–Crippen LogP) is 3.85. The molecule has 0 saturated carbocycles. The van der Waals surface area contributed by atoms with Crippen LogP contribution < -0.4 is 5.32 Å². The molecule has 0 bridgehead atoms. The van der Waals surface area contributed by atoms with Crippen molar-refractivity contribution in [1.82, 2.24) is 5.32 Å². The van der Waals surface area contributed by atoms with Gasteiger partial charge in [-0.1, -0.05) is 18.5 Å². The van der Waals surface area contributed by atoms with Gasteiger partial charge in [0.2, 0.25) is 0 Å². The molecule has 1 heterocycles. The highest BCUT2D eigenvalue weighted by atomic mass is 35.5. The molecule has 0 fully saturated rings. The van der Waals surface area contributed by atoms with E-state index >= 15 is 0 Å². The number of carbonyl (C=O) groups excluding carboxylic acids is 1. The lowest BCUT2D eigenvalue weighted by molar-refractivity contribution is 0.0916. The summed E-state index contributed by atoms with van der Waals surface area (Å²) in [5.74, 6) is 0.241. The maximum absolute atomic E-state index is 12.0. The Hall–Kier alpha value is -0.250. The third-order valence-electron chi connectivity index (χ3n) is 2.60. The number of nitrogens with one attached hydrogen (secondary N) is 1. The summed E-state index contributed by atoms with van der Waals surface area (Å²) in [6, 6.07) is 0. The Balaban J connectivity index is 2.84. The van der Waals surface area contributed by atoms with Gasteiger partial charge in [0.1, 0.15) is 4.88 Å². The summed E-state index contributed by atoms with van der Waals surface area (Å²) in [5.41, 5.74) is 0.556. The predicted molar refractivity (Wildman–Crippen MR) is 70.9 cm³/mol. The van der Waals surface area contributed by atoms with Crippen molar-refractivity contribution in [2.75, 3.05) is 5.88 Å². The lowest BCUT2D eigenvalue weighted by Gasteiger charge is -2.26. The zero-order valence-electron chi connectivity index (χ0n) is 9.56. The minimum atomic E-state index is -0.375. The molecule has 90 valence electrons. The molecule has 0 spiro atoms. The summed E-state index contributed by atoms with van der Waals surface area (Å²) in [7, 11) is 0. The van der Waals surface area contributed by atoms with Crippen LogP contribution in [0.1, 0.15) is 35.5 Å². The fourth-order valence-corrected chi connectivity index (χ4v) is 2.56. The largest absolute Gasteiger partial charge is 0.345 e. The molecule has 16 heavy (non-hydrogen) atoms. The van der Waals surface area contributed by atoms with E-state index in [2.05, 4.69) is 5.32 Å². The lowest BCUT2D eigenvalue weighted by atomic mass is 10.0. The van der Waals surface area contributed by atoms with Crippen LogP contribution in [0.2, 0.25) is 5.02 Å². The van der Waals surface area contributed by atoms with Crippen molar-refractivity contribution in [3.8, 4) is 0 Å². The Morgan fingerprint density at radius 1 is 1.62 bits per heavy atom. The van der Waals surface area contributed by atoms with Crippen molar-refractivity contribution in [3.05, 3.63) is 20.8 Å². The van der Waals surface area contributed by atoms with E-state index in [1.807, 2.05) is 26.2 Å². The monoisotopic (exact) mass is 279 g/mol. The van der Waals surface area contributed by atoms with E-state index in [1.165, 1.54) is 11.3 Å². The van der Waals surface area contributed by atoms with E-state index in [0.29, 0.717) is 15.8 Å². The molecule has 1 aromatic heterocycles. The molecule has 1 atom stereocenters. The summed E-state index contributed by atoms with van der Waals surface area (Å²) < 4.78 is 0. The molecule has 5 heteroatoms. The molecule has 0 saturated heterocycles. The number of alkyl halides is 1. The van der Waals surface area contributed by atoms with Gasteiger partial charge in [-0.3, -0.25) is 4.79 Å². The van der Waals surface area contributed by atoms with Crippen LogP contribution in [0.4, 0.5) is 0 Å². The van der Waals surface area contributed by atoms with Crippen LogP contribution in [0.15, 0.2) is 5.38 Å². The van der Waals surface area contributed by atoms with Gasteiger partial charge in [-0.15, -0.1) is 22.9 Å². The maximum Gasteiger partial charge on any atom is 0.263 e. The maximum atomic E-state index is 12.0. The molecule has 1 unspecified atom stereocenters. The third kappa shape index (κ3) is 2.90. The zero-order chi connectivity index (χ0) is 12.3. The van der Waals surface area contributed by atoms with Crippen molar-refractivity contribution >= 4 is 40.4 Å². The fourth-order valence-electron chi connectivity index (χ4n) is 1.13. The molecule has 1 rings (SSSR count). The van der Waals surface area contributed by atoms with Gasteiger partial charge in [-0.25, -0.2) is 0 Å². The van der Waals surface area contributed by atoms with Gasteiger partial charge in [0.05, 0.1) is 10.6 Å². The number of carbonyl (C=O) groups is 1. The average molecular weight is 280 g/mol. The SMILES string of the molecule is CCC(C)(CCl)NC(=O)c1scc(C)c1Cl. The second kappa shape index (κ2) is 5.39. The van der Waals surface area contributed by atoms with Gasteiger partial charge in [0.15, 0.2) is 0 Å². The summed E-state index contributed by atoms with van der Waals surface area (Å²) in [6.45, 7) is 5.80. The van der Waals surface area contributed by atoms with Crippen molar-refractivity contribution in [1.29, 1.82) is 0 Å². The molecule has 0 aliphatic heterocycles. The van der Waals surface area contributed by atoms with Gasteiger partial charge in [-0.05, 0) is 31.2 Å². The topological polar surface area (TPSA) is 29.1 Å². The van der Waals surface area contributed by atoms with Crippen LogP contribution in [-0.2, 0) is 0 Å². The van der Waals surface area contributed by atoms with Gasteiger partial charge < -0.3 is 5.32 Å². The number of rotatable bonds is 4. The Morgan fingerprint density at radius 3 is 2.62 bits per heavy atom. The smallest absolute Gasteiger partial charge is 0.263 e. The van der Waals surface area contributed by atoms with E-state index in [1.54, 1.807) is 0 Å². The summed E-state index contributed by atoms with van der Waals surface area (Å²) >= 11 is 13.2. The Labute approximate surface area is 110 Å². The van der Waals surface area contributed by atoms with Crippen LogP contribution >= 0.6 is 34.5 Å². The average Bonchev–Trinajstić information content (AvgIpc) is 2.59. The van der Waals surface area contributed by atoms with Crippen LogP contribution in [0, 0.1) is 6.92 Å². The second-order valence-corrected chi connectivity index (χ2v) is 5.59. The first-order chi connectivity index (χ1) is 7.43. The molecule has 0 radical (unpaired) electrons. The molecule has 1 N–H and O–H groups in total. The second-order valence-electron chi connectivity index (χ2n) is 4.06. The fraction of sp³-hybridized carbons (Fsp3) is 0.545.